The lowest BCUT2D eigenvalue weighted by Crippen LogP contribution is -2.34. The van der Waals surface area contributed by atoms with Crippen LogP contribution in [-0.2, 0) is 10.8 Å². The quantitative estimate of drug-likeness (QED) is 0.434. The van der Waals surface area contributed by atoms with E-state index in [1.54, 1.807) is 0 Å². The average molecular weight is 475 g/mol. The third-order valence-electron chi connectivity index (χ3n) is 4.71. The fraction of sp³-hybridized carbons (Fsp3) is 0.211. The number of rotatable bonds is 3. The number of nitrogens with one attached hydrogen (secondary N) is 2. The Morgan fingerprint density at radius 2 is 2.10 bits per heavy atom. The highest BCUT2D eigenvalue weighted by Gasteiger charge is 2.25. The average Bonchev–Trinajstić information content (AvgIpc) is 3.04. The van der Waals surface area contributed by atoms with Gasteiger partial charge in [-0.15, -0.1) is 11.3 Å². The number of thiophene rings is 1. The van der Waals surface area contributed by atoms with Crippen molar-refractivity contribution in [3.05, 3.63) is 34.7 Å². The zero-order valence-electron chi connectivity index (χ0n) is 16.3. The van der Waals surface area contributed by atoms with E-state index in [1.165, 1.54) is 30.0 Å². The molecule has 0 saturated heterocycles. The van der Waals surface area contributed by atoms with Crippen LogP contribution >= 0.6 is 22.9 Å². The largest absolute Gasteiger partial charge is 0.418 e. The summed E-state index contributed by atoms with van der Waals surface area (Å²) in [7, 11) is -1.37. The molecule has 0 aliphatic carbocycles. The first-order chi connectivity index (χ1) is 14.9. The summed E-state index contributed by atoms with van der Waals surface area (Å²) in [6.07, 6.45) is 4.31. The Morgan fingerprint density at radius 1 is 1.26 bits per heavy atom. The second-order valence-corrected chi connectivity index (χ2v) is 9.68. The molecule has 31 heavy (non-hydrogen) atoms. The summed E-state index contributed by atoms with van der Waals surface area (Å²) in [6.45, 7) is 2.56. The minimum Gasteiger partial charge on any atom is -0.418 e. The van der Waals surface area contributed by atoms with Crippen molar-refractivity contribution in [2.24, 2.45) is 0 Å². The van der Waals surface area contributed by atoms with Gasteiger partial charge >= 0.3 is 0 Å². The zero-order valence-corrected chi connectivity index (χ0v) is 18.7. The van der Waals surface area contributed by atoms with Crippen molar-refractivity contribution in [3.8, 4) is 11.8 Å². The molecule has 0 fully saturated rings. The van der Waals surface area contributed by atoms with E-state index in [2.05, 4.69) is 30.6 Å². The van der Waals surface area contributed by atoms with E-state index in [1.807, 2.05) is 19.1 Å². The van der Waals surface area contributed by atoms with Crippen molar-refractivity contribution < 1.29 is 13.7 Å². The summed E-state index contributed by atoms with van der Waals surface area (Å²) in [5, 5.41) is 7.15. The summed E-state index contributed by atoms with van der Waals surface area (Å²) < 4.78 is 18.6. The Bertz CT molecular complexity index is 1390. The molecule has 0 saturated carbocycles. The number of hydrogen-bond acceptors (Lipinski definition) is 9. The number of ether oxygens (including phenoxy) is 1. The number of fused-ring (bicyclic) bond motifs is 5. The Morgan fingerprint density at radius 3 is 2.90 bits per heavy atom. The molecule has 12 heteroatoms. The van der Waals surface area contributed by atoms with Gasteiger partial charge < -0.3 is 15.4 Å². The predicted octanol–water partition coefficient (Wildman–Crippen LogP) is 3.36. The fourth-order valence-electron chi connectivity index (χ4n) is 3.33. The van der Waals surface area contributed by atoms with Gasteiger partial charge in [-0.05, 0) is 30.7 Å². The van der Waals surface area contributed by atoms with E-state index < -0.39 is 10.8 Å². The highest BCUT2D eigenvalue weighted by atomic mass is 35.5. The van der Waals surface area contributed by atoms with Crippen molar-refractivity contribution in [1.82, 2.24) is 25.3 Å². The predicted molar refractivity (Wildman–Crippen MR) is 120 cm³/mol. The van der Waals surface area contributed by atoms with Gasteiger partial charge in [-0.2, -0.15) is 4.98 Å². The number of carbonyl (C=O) groups is 1. The molecule has 5 rings (SSSR count). The molecular weight excluding hydrogens is 460 g/mol. The molecule has 1 aliphatic heterocycles. The molecule has 4 heterocycles. The molecule has 1 amide bonds. The van der Waals surface area contributed by atoms with Gasteiger partial charge in [0, 0.05) is 28.9 Å². The number of aromatic nitrogens is 4. The maximum absolute atomic E-state index is 12.5. The molecular formula is C19H15ClN6O3S2. The van der Waals surface area contributed by atoms with Crippen molar-refractivity contribution in [3.63, 3.8) is 0 Å². The van der Waals surface area contributed by atoms with E-state index in [-0.39, 0.29) is 29.0 Å². The Kier molecular flexibility index (Phi) is 4.95. The SMILES string of the molecule is C[C@@H]1CNc2c(sc3ccc4nc(Oc5nc(Cl)ncc5S(C)=O)cnc4c23)C(=O)N1. The molecule has 2 atom stereocenters. The van der Waals surface area contributed by atoms with Gasteiger partial charge in [0.15, 0.2) is 0 Å². The van der Waals surface area contributed by atoms with Crippen LogP contribution in [0.5, 0.6) is 11.8 Å². The standard InChI is InChI=1S/C19H15ClN6O3S2/c1-8-5-21-15-13-10(30-16(15)17(27)24-8)4-3-9-14(13)22-7-12(25-9)29-18-11(31(2)28)6-23-19(20)26-18/h3-4,6-8,21H,5H2,1-2H3,(H,24,27)/t8-,31?/m1/s1. The lowest BCUT2D eigenvalue weighted by Gasteiger charge is -2.10. The molecule has 1 aliphatic rings. The molecule has 158 valence electrons. The number of benzene rings is 1. The molecule has 0 bridgehead atoms. The number of amides is 1. The topological polar surface area (TPSA) is 119 Å². The van der Waals surface area contributed by atoms with Gasteiger partial charge in [-0.3, -0.25) is 9.00 Å². The second-order valence-electron chi connectivity index (χ2n) is 6.94. The van der Waals surface area contributed by atoms with Crippen LogP contribution in [0.2, 0.25) is 5.28 Å². The molecule has 1 unspecified atom stereocenters. The number of nitrogens with zero attached hydrogens (tertiary/aromatic N) is 4. The number of anilines is 1. The Hall–Kier alpha value is -2.89. The van der Waals surface area contributed by atoms with Crippen LogP contribution in [0.25, 0.3) is 21.1 Å². The summed E-state index contributed by atoms with van der Waals surface area (Å²) in [4.78, 5) is 30.4. The van der Waals surface area contributed by atoms with E-state index >= 15 is 0 Å². The maximum Gasteiger partial charge on any atom is 0.263 e. The second kappa shape index (κ2) is 7.66. The van der Waals surface area contributed by atoms with Gasteiger partial charge in [0.1, 0.15) is 9.77 Å². The molecule has 2 N–H and O–H groups in total. The van der Waals surface area contributed by atoms with Gasteiger partial charge in [0.05, 0.1) is 39.9 Å². The summed E-state index contributed by atoms with van der Waals surface area (Å²) >= 11 is 7.28. The lowest BCUT2D eigenvalue weighted by atomic mass is 10.1. The van der Waals surface area contributed by atoms with Crippen LogP contribution in [0.15, 0.2) is 29.4 Å². The number of carbonyl (C=O) groups excluding carboxylic acids is 1. The molecule has 9 nitrogen and oxygen atoms in total. The third-order valence-corrected chi connectivity index (χ3v) is 6.95. The third kappa shape index (κ3) is 3.58. The van der Waals surface area contributed by atoms with Gasteiger partial charge in [-0.25, -0.2) is 15.0 Å². The molecule has 3 aromatic heterocycles. The van der Waals surface area contributed by atoms with Crippen LogP contribution in [0.3, 0.4) is 0 Å². The Labute approximate surface area is 187 Å². The zero-order chi connectivity index (χ0) is 21.7. The van der Waals surface area contributed by atoms with Gasteiger partial charge in [0.25, 0.3) is 5.91 Å². The van der Waals surface area contributed by atoms with E-state index in [0.717, 1.165) is 15.8 Å². The number of hydrogen-bond donors (Lipinski definition) is 2. The molecule has 0 radical (unpaired) electrons. The fourth-order valence-corrected chi connectivity index (χ4v) is 5.07. The first-order valence-corrected chi connectivity index (χ1v) is 12.0. The first kappa shape index (κ1) is 20.0. The molecule has 1 aromatic carbocycles. The monoisotopic (exact) mass is 474 g/mol. The Balaban J connectivity index is 1.61. The van der Waals surface area contributed by atoms with Crippen molar-refractivity contribution >= 4 is 66.5 Å². The number of halogens is 1. The van der Waals surface area contributed by atoms with E-state index in [0.29, 0.717) is 27.4 Å². The summed E-state index contributed by atoms with van der Waals surface area (Å²) in [5.74, 6) is 0.136. The van der Waals surface area contributed by atoms with E-state index in [9.17, 15) is 9.00 Å². The minimum atomic E-state index is -1.37. The minimum absolute atomic E-state index is 0.0150. The van der Waals surface area contributed by atoms with Crippen LogP contribution in [0.1, 0.15) is 16.6 Å². The lowest BCUT2D eigenvalue weighted by molar-refractivity contribution is 0.0949. The highest BCUT2D eigenvalue weighted by molar-refractivity contribution is 7.84. The van der Waals surface area contributed by atoms with Crippen LogP contribution in [0, 0.1) is 0 Å². The molecule has 0 spiro atoms. The van der Waals surface area contributed by atoms with Crippen LogP contribution in [-0.4, -0.2) is 48.9 Å². The van der Waals surface area contributed by atoms with Crippen molar-refractivity contribution in [2.45, 2.75) is 17.9 Å². The first-order valence-electron chi connectivity index (χ1n) is 9.21. The van der Waals surface area contributed by atoms with Crippen molar-refractivity contribution in [1.29, 1.82) is 0 Å². The smallest absolute Gasteiger partial charge is 0.263 e. The van der Waals surface area contributed by atoms with Gasteiger partial charge in [0.2, 0.25) is 17.0 Å². The van der Waals surface area contributed by atoms with Gasteiger partial charge in [-0.1, -0.05) is 0 Å². The normalized spacial score (nSPS) is 17.0. The van der Waals surface area contributed by atoms with Crippen LogP contribution in [0.4, 0.5) is 5.69 Å². The summed E-state index contributed by atoms with van der Waals surface area (Å²) in [6, 6.07) is 3.74. The maximum atomic E-state index is 12.5. The molecule has 4 aromatic rings. The van der Waals surface area contributed by atoms with Crippen LogP contribution < -0.4 is 15.4 Å². The summed E-state index contributed by atoms with van der Waals surface area (Å²) in [5.41, 5.74) is 2.00. The van der Waals surface area contributed by atoms with Crippen molar-refractivity contribution in [2.75, 3.05) is 18.1 Å². The highest BCUT2D eigenvalue weighted by Crippen LogP contribution is 2.40. The van der Waals surface area contributed by atoms with E-state index in [4.69, 9.17) is 16.3 Å².